The number of carbonyl (C=O) groups is 1. The number of hydrogen-bond donors (Lipinski definition) is 3. The maximum absolute atomic E-state index is 13.5. The van der Waals surface area contributed by atoms with Gasteiger partial charge in [-0.05, 0) is 62.7 Å². The van der Waals surface area contributed by atoms with Crippen LogP contribution in [0.15, 0.2) is 68.8 Å². The van der Waals surface area contributed by atoms with Crippen molar-refractivity contribution in [3.05, 3.63) is 92.6 Å². The second-order valence-corrected chi connectivity index (χ2v) is 8.84. The molecule has 7 nitrogen and oxygen atoms in total. The molecule has 0 radical (unpaired) electrons. The second kappa shape index (κ2) is 10.1. The smallest absolute Gasteiger partial charge is 0.253 e. The van der Waals surface area contributed by atoms with Gasteiger partial charge in [-0.1, -0.05) is 18.2 Å². The van der Waals surface area contributed by atoms with Gasteiger partial charge in [-0.25, -0.2) is 0 Å². The largest absolute Gasteiger partial charge is 0.455 e. The summed E-state index contributed by atoms with van der Waals surface area (Å²) in [6.45, 7) is 5.70. The number of nitrogens with two attached hydrogens (primary N) is 1. The molecule has 184 valence electrons. The van der Waals surface area contributed by atoms with Crippen LogP contribution >= 0.6 is 0 Å². The second-order valence-electron chi connectivity index (χ2n) is 8.84. The van der Waals surface area contributed by atoms with Gasteiger partial charge in [0.25, 0.3) is 5.91 Å². The van der Waals surface area contributed by atoms with Crippen molar-refractivity contribution in [2.45, 2.75) is 26.8 Å². The summed E-state index contributed by atoms with van der Waals surface area (Å²) in [6.07, 6.45) is 1.68. The Bertz CT molecular complexity index is 1550. The molecule has 1 aromatic heterocycles. The zero-order valence-electron chi connectivity index (χ0n) is 21.1. The minimum Gasteiger partial charge on any atom is -0.455 e. The molecule has 4 rings (SSSR count). The fourth-order valence-electron chi connectivity index (χ4n) is 4.38. The summed E-state index contributed by atoms with van der Waals surface area (Å²) in [7, 11) is 3.28. The van der Waals surface area contributed by atoms with Gasteiger partial charge in [0.15, 0.2) is 5.43 Å². The number of benzene rings is 3. The summed E-state index contributed by atoms with van der Waals surface area (Å²) in [5, 5.41) is 6.62. The van der Waals surface area contributed by atoms with Crippen LogP contribution in [0.1, 0.15) is 45.6 Å². The van der Waals surface area contributed by atoms with Crippen molar-refractivity contribution in [1.82, 2.24) is 5.32 Å². The lowest BCUT2D eigenvalue weighted by atomic mass is 9.98. The predicted molar refractivity (Wildman–Crippen MR) is 147 cm³/mol. The first-order valence-electron chi connectivity index (χ1n) is 11.7. The Morgan fingerprint density at radius 2 is 1.86 bits per heavy atom. The van der Waals surface area contributed by atoms with Gasteiger partial charge in [-0.15, -0.1) is 0 Å². The minimum atomic E-state index is -0.258. The van der Waals surface area contributed by atoms with E-state index in [0.717, 1.165) is 22.3 Å². The Morgan fingerprint density at radius 1 is 1.11 bits per heavy atom. The number of amides is 1. The lowest BCUT2D eigenvalue weighted by Gasteiger charge is -2.20. The number of nitrogens with zero attached hydrogens (tertiary/aromatic N) is 1. The molecule has 0 saturated carbocycles. The van der Waals surface area contributed by atoms with E-state index in [1.165, 1.54) is 0 Å². The van der Waals surface area contributed by atoms with Gasteiger partial charge in [-0.2, -0.15) is 0 Å². The van der Waals surface area contributed by atoms with Crippen LogP contribution < -0.4 is 21.8 Å². The molecule has 7 heteroatoms. The van der Waals surface area contributed by atoms with Crippen LogP contribution in [0.5, 0.6) is 0 Å². The van der Waals surface area contributed by atoms with E-state index in [4.69, 9.17) is 10.2 Å². The van der Waals surface area contributed by atoms with Gasteiger partial charge in [0, 0.05) is 53.9 Å². The van der Waals surface area contributed by atoms with E-state index in [2.05, 4.69) is 15.6 Å². The summed E-state index contributed by atoms with van der Waals surface area (Å²) in [6, 6.07) is 16.4. The summed E-state index contributed by atoms with van der Waals surface area (Å²) in [5.41, 5.74) is 12.1. The molecule has 0 aliphatic heterocycles. The van der Waals surface area contributed by atoms with E-state index in [0.29, 0.717) is 39.2 Å². The highest BCUT2D eigenvalue weighted by molar-refractivity contribution is 5.99. The topological polar surface area (TPSA) is 110 Å². The minimum absolute atomic E-state index is 0.0864. The van der Waals surface area contributed by atoms with Crippen LogP contribution in [0.2, 0.25) is 0 Å². The van der Waals surface area contributed by atoms with Gasteiger partial charge in [0.1, 0.15) is 11.3 Å². The summed E-state index contributed by atoms with van der Waals surface area (Å²) >= 11 is 0. The number of fused-ring (bicyclic) bond motifs is 1. The van der Waals surface area contributed by atoms with Gasteiger partial charge >= 0.3 is 0 Å². The molecule has 1 atom stereocenters. The maximum atomic E-state index is 13.5. The molecular formula is C29H30N4O3. The quantitative estimate of drug-likeness (QED) is 0.257. The number of anilines is 2. The zero-order valence-corrected chi connectivity index (χ0v) is 21.1. The van der Waals surface area contributed by atoms with Crippen LogP contribution in [-0.2, 0) is 0 Å². The SMILES string of the molecule is CN=Cc1cc(-c2oc3c(C(C)Nc4ccccc4C(=O)NC)cc(C)cc3c(=O)c2C)ccc1N. The number of nitrogen functional groups attached to an aromatic ring is 1. The Kier molecular flexibility index (Phi) is 6.92. The van der Waals surface area contributed by atoms with E-state index in [9.17, 15) is 9.59 Å². The van der Waals surface area contributed by atoms with Crippen molar-refractivity contribution in [2.24, 2.45) is 4.99 Å². The molecule has 0 saturated heterocycles. The average molecular weight is 483 g/mol. The number of aliphatic imine (C=N–C) groups is 1. The number of hydrogen-bond acceptors (Lipinski definition) is 6. The van der Waals surface area contributed by atoms with Gasteiger partial charge < -0.3 is 20.8 Å². The number of para-hydroxylation sites is 1. The van der Waals surface area contributed by atoms with Crippen molar-refractivity contribution in [3.8, 4) is 11.3 Å². The molecular weight excluding hydrogens is 452 g/mol. The lowest BCUT2D eigenvalue weighted by molar-refractivity contribution is 0.0964. The lowest BCUT2D eigenvalue weighted by Crippen LogP contribution is -2.20. The molecule has 1 heterocycles. The molecule has 0 aliphatic rings. The van der Waals surface area contributed by atoms with Crippen LogP contribution in [-0.4, -0.2) is 26.2 Å². The third kappa shape index (κ3) is 4.60. The fourth-order valence-corrected chi connectivity index (χ4v) is 4.38. The van der Waals surface area contributed by atoms with Crippen molar-refractivity contribution < 1.29 is 9.21 Å². The molecule has 1 amide bonds. The van der Waals surface area contributed by atoms with E-state index in [1.807, 2.05) is 56.3 Å². The molecule has 0 aliphatic carbocycles. The summed E-state index contributed by atoms with van der Waals surface area (Å²) < 4.78 is 6.47. The number of aryl methyl sites for hydroxylation is 1. The predicted octanol–water partition coefficient (Wildman–Crippen LogP) is 5.24. The van der Waals surface area contributed by atoms with Gasteiger partial charge in [-0.3, -0.25) is 14.6 Å². The van der Waals surface area contributed by atoms with Crippen molar-refractivity contribution in [2.75, 3.05) is 25.1 Å². The molecule has 3 aromatic carbocycles. The zero-order chi connectivity index (χ0) is 26.0. The first-order chi connectivity index (χ1) is 17.2. The Balaban J connectivity index is 1.89. The Morgan fingerprint density at radius 3 is 2.58 bits per heavy atom. The molecule has 0 bridgehead atoms. The number of rotatable bonds is 6. The van der Waals surface area contributed by atoms with E-state index < -0.39 is 0 Å². The fraction of sp³-hybridized carbons (Fsp3) is 0.207. The van der Waals surface area contributed by atoms with E-state index in [-0.39, 0.29) is 17.4 Å². The van der Waals surface area contributed by atoms with E-state index >= 15 is 0 Å². The average Bonchev–Trinajstić information content (AvgIpc) is 2.87. The molecule has 0 spiro atoms. The van der Waals surface area contributed by atoms with Crippen LogP contribution in [0.25, 0.3) is 22.3 Å². The molecule has 0 fully saturated rings. The first-order valence-corrected chi connectivity index (χ1v) is 11.7. The molecule has 36 heavy (non-hydrogen) atoms. The summed E-state index contributed by atoms with van der Waals surface area (Å²) in [4.78, 5) is 29.9. The maximum Gasteiger partial charge on any atom is 0.253 e. The highest BCUT2D eigenvalue weighted by Gasteiger charge is 2.20. The molecule has 4 N–H and O–H groups in total. The number of nitrogens with one attached hydrogen (secondary N) is 2. The van der Waals surface area contributed by atoms with E-state index in [1.54, 1.807) is 39.4 Å². The van der Waals surface area contributed by atoms with Crippen LogP contribution in [0.4, 0.5) is 11.4 Å². The van der Waals surface area contributed by atoms with Crippen LogP contribution in [0.3, 0.4) is 0 Å². The highest BCUT2D eigenvalue weighted by Crippen LogP contribution is 2.33. The monoisotopic (exact) mass is 482 g/mol. The standard InChI is InChI=1S/C29H30N4O3/c1-16-12-22(18(3)33-25-9-7-6-8-21(25)29(35)32-5)28-23(13-16)26(34)17(2)27(36-28)19-10-11-24(30)20(14-19)15-31-4/h6-15,18,33H,30H2,1-5H3,(H,32,35). The Labute approximate surface area is 210 Å². The highest BCUT2D eigenvalue weighted by atomic mass is 16.3. The van der Waals surface area contributed by atoms with Crippen molar-refractivity contribution in [3.63, 3.8) is 0 Å². The third-order valence-corrected chi connectivity index (χ3v) is 6.25. The first kappa shape index (κ1) is 24.7. The molecule has 4 aromatic rings. The normalized spacial score (nSPS) is 12.1. The van der Waals surface area contributed by atoms with Crippen molar-refractivity contribution in [1.29, 1.82) is 0 Å². The van der Waals surface area contributed by atoms with Gasteiger partial charge in [0.2, 0.25) is 0 Å². The Hall–Kier alpha value is -4.39. The number of carbonyl (C=O) groups excluding carboxylic acids is 1. The van der Waals surface area contributed by atoms with Crippen LogP contribution in [0, 0.1) is 13.8 Å². The third-order valence-electron chi connectivity index (χ3n) is 6.25. The molecule has 1 unspecified atom stereocenters. The van der Waals surface area contributed by atoms with Gasteiger partial charge in [0.05, 0.1) is 17.0 Å². The van der Waals surface area contributed by atoms with Crippen molar-refractivity contribution >= 4 is 34.5 Å². The summed E-state index contributed by atoms with van der Waals surface area (Å²) in [5.74, 6) is 0.305.